The standard InChI is InChI=1S/C9H14N4O2/c10-6-3-1-2-5(4-6)9-12-8(7(11)14)13-15-9/h5-6H,1-4,10H2,(H2,11,14). The maximum absolute atomic E-state index is 10.8. The molecule has 2 atom stereocenters. The summed E-state index contributed by atoms with van der Waals surface area (Å²) in [7, 11) is 0. The number of nitrogens with zero attached hydrogens (tertiary/aromatic N) is 2. The first-order valence-electron chi connectivity index (χ1n) is 5.06. The normalized spacial score (nSPS) is 26.5. The van der Waals surface area contributed by atoms with Gasteiger partial charge in [-0.3, -0.25) is 4.79 Å². The van der Waals surface area contributed by atoms with E-state index < -0.39 is 5.91 Å². The van der Waals surface area contributed by atoms with Gasteiger partial charge in [-0.1, -0.05) is 11.6 Å². The second-order valence-electron chi connectivity index (χ2n) is 3.94. The van der Waals surface area contributed by atoms with E-state index >= 15 is 0 Å². The number of carbonyl (C=O) groups is 1. The summed E-state index contributed by atoms with van der Waals surface area (Å²) >= 11 is 0. The largest absolute Gasteiger partial charge is 0.363 e. The zero-order valence-electron chi connectivity index (χ0n) is 8.35. The Balaban J connectivity index is 2.11. The summed E-state index contributed by atoms with van der Waals surface area (Å²) in [5.74, 6) is -0.0532. The number of hydrogen-bond donors (Lipinski definition) is 2. The van der Waals surface area contributed by atoms with Crippen molar-refractivity contribution in [1.82, 2.24) is 10.1 Å². The minimum Gasteiger partial charge on any atom is -0.363 e. The molecule has 1 heterocycles. The lowest BCUT2D eigenvalue weighted by Gasteiger charge is -2.23. The van der Waals surface area contributed by atoms with Gasteiger partial charge in [0.1, 0.15) is 0 Å². The predicted octanol–water partition coefficient (Wildman–Crippen LogP) is 0.153. The van der Waals surface area contributed by atoms with Gasteiger partial charge in [0.15, 0.2) is 0 Å². The highest BCUT2D eigenvalue weighted by atomic mass is 16.5. The zero-order valence-corrected chi connectivity index (χ0v) is 8.35. The summed E-state index contributed by atoms with van der Waals surface area (Å²) in [5, 5.41) is 3.51. The molecular formula is C9H14N4O2. The van der Waals surface area contributed by atoms with Crippen LogP contribution in [0.4, 0.5) is 0 Å². The Morgan fingerprint density at radius 3 is 2.87 bits per heavy atom. The average Bonchev–Trinajstić information content (AvgIpc) is 2.66. The molecule has 0 radical (unpaired) electrons. The van der Waals surface area contributed by atoms with Gasteiger partial charge in [0.05, 0.1) is 0 Å². The van der Waals surface area contributed by atoms with Crippen molar-refractivity contribution in [1.29, 1.82) is 0 Å². The number of amides is 1. The van der Waals surface area contributed by atoms with Gasteiger partial charge in [0, 0.05) is 12.0 Å². The first-order chi connectivity index (χ1) is 7.16. The van der Waals surface area contributed by atoms with E-state index in [-0.39, 0.29) is 17.8 Å². The Morgan fingerprint density at radius 1 is 1.47 bits per heavy atom. The highest BCUT2D eigenvalue weighted by Crippen LogP contribution is 2.30. The van der Waals surface area contributed by atoms with Gasteiger partial charge < -0.3 is 16.0 Å². The SMILES string of the molecule is NC(=O)c1noc(C2CCCC(N)C2)n1. The summed E-state index contributed by atoms with van der Waals surface area (Å²) in [5.41, 5.74) is 10.9. The maximum Gasteiger partial charge on any atom is 0.290 e. The molecule has 6 heteroatoms. The van der Waals surface area contributed by atoms with Gasteiger partial charge in [0.2, 0.25) is 5.89 Å². The fourth-order valence-corrected chi connectivity index (χ4v) is 1.95. The van der Waals surface area contributed by atoms with Crippen molar-refractivity contribution >= 4 is 5.91 Å². The number of nitrogens with two attached hydrogens (primary N) is 2. The van der Waals surface area contributed by atoms with Gasteiger partial charge in [-0.25, -0.2) is 0 Å². The molecule has 1 saturated carbocycles. The molecule has 0 spiro atoms. The topological polar surface area (TPSA) is 108 Å². The monoisotopic (exact) mass is 210 g/mol. The minimum atomic E-state index is -0.662. The van der Waals surface area contributed by atoms with Gasteiger partial charge in [0.25, 0.3) is 11.7 Å². The highest BCUT2D eigenvalue weighted by molar-refractivity contribution is 5.88. The zero-order chi connectivity index (χ0) is 10.8. The Labute approximate surface area is 87.0 Å². The van der Waals surface area contributed by atoms with Gasteiger partial charge in [-0.05, 0) is 19.3 Å². The molecule has 0 saturated heterocycles. The molecule has 1 aliphatic carbocycles. The fourth-order valence-electron chi connectivity index (χ4n) is 1.95. The van der Waals surface area contributed by atoms with Gasteiger partial charge >= 0.3 is 0 Å². The van der Waals surface area contributed by atoms with Crippen molar-refractivity contribution in [2.45, 2.75) is 37.6 Å². The molecule has 4 N–H and O–H groups in total. The van der Waals surface area contributed by atoms with E-state index in [9.17, 15) is 4.79 Å². The van der Waals surface area contributed by atoms with Crippen LogP contribution in [0.15, 0.2) is 4.52 Å². The molecule has 1 aliphatic rings. The van der Waals surface area contributed by atoms with E-state index in [4.69, 9.17) is 16.0 Å². The number of aromatic nitrogens is 2. The second kappa shape index (κ2) is 3.98. The molecule has 82 valence electrons. The Morgan fingerprint density at radius 2 is 2.27 bits per heavy atom. The third-order valence-corrected chi connectivity index (χ3v) is 2.73. The number of hydrogen-bond acceptors (Lipinski definition) is 5. The second-order valence-corrected chi connectivity index (χ2v) is 3.94. The molecular weight excluding hydrogens is 196 g/mol. The van der Waals surface area contributed by atoms with Gasteiger partial charge in [-0.2, -0.15) is 4.98 Å². The van der Waals surface area contributed by atoms with E-state index in [0.717, 1.165) is 25.7 Å². The van der Waals surface area contributed by atoms with Gasteiger partial charge in [-0.15, -0.1) is 0 Å². The van der Waals surface area contributed by atoms with E-state index in [0.29, 0.717) is 5.89 Å². The Kier molecular flexibility index (Phi) is 2.68. The lowest BCUT2D eigenvalue weighted by Crippen LogP contribution is -2.27. The number of rotatable bonds is 2. The van der Waals surface area contributed by atoms with Crippen LogP contribution >= 0.6 is 0 Å². The van der Waals surface area contributed by atoms with E-state index in [1.165, 1.54) is 0 Å². The number of primary amides is 1. The first kappa shape index (κ1) is 10.1. The van der Waals surface area contributed by atoms with E-state index in [2.05, 4.69) is 10.1 Å². The van der Waals surface area contributed by atoms with Crippen molar-refractivity contribution in [2.24, 2.45) is 11.5 Å². The van der Waals surface area contributed by atoms with Crippen molar-refractivity contribution in [3.8, 4) is 0 Å². The van der Waals surface area contributed by atoms with Crippen LogP contribution in [-0.4, -0.2) is 22.1 Å². The molecule has 2 unspecified atom stereocenters. The van der Waals surface area contributed by atoms with Crippen molar-refractivity contribution in [3.05, 3.63) is 11.7 Å². The molecule has 2 rings (SSSR count). The van der Waals surface area contributed by atoms with E-state index in [1.54, 1.807) is 0 Å². The lowest BCUT2D eigenvalue weighted by molar-refractivity contribution is 0.0987. The summed E-state index contributed by atoms with van der Waals surface area (Å²) in [6.45, 7) is 0. The first-order valence-corrected chi connectivity index (χ1v) is 5.06. The quantitative estimate of drug-likeness (QED) is 0.722. The Bertz CT molecular complexity index is 363. The molecule has 1 fully saturated rings. The number of carbonyl (C=O) groups excluding carboxylic acids is 1. The molecule has 0 aromatic carbocycles. The highest BCUT2D eigenvalue weighted by Gasteiger charge is 2.26. The van der Waals surface area contributed by atoms with Crippen molar-refractivity contribution in [3.63, 3.8) is 0 Å². The van der Waals surface area contributed by atoms with Crippen LogP contribution in [-0.2, 0) is 0 Å². The maximum atomic E-state index is 10.8. The third-order valence-electron chi connectivity index (χ3n) is 2.73. The Hall–Kier alpha value is -1.43. The summed E-state index contributed by atoms with van der Waals surface area (Å²) < 4.78 is 5.00. The van der Waals surface area contributed by atoms with Crippen LogP contribution in [0.5, 0.6) is 0 Å². The van der Waals surface area contributed by atoms with Crippen molar-refractivity contribution in [2.75, 3.05) is 0 Å². The van der Waals surface area contributed by atoms with Crippen molar-refractivity contribution < 1.29 is 9.32 Å². The van der Waals surface area contributed by atoms with Crippen LogP contribution in [0.25, 0.3) is 0 Å². The summed E-state index contributed by atoms with van der Waals surface area (Å²) in [4.78, 5) is 14.7. The predicted molar refractivity (Wildman–Crippen MR) is 52.0 cm³/mol. The molecule has 0 aliphatic heterocycles. The van der Waals surface area contributed by atoms with E-state index in [1.807, 2.05) is 0 Å². The van der Waals surface area contributed by atoms with Crippen LogP contribution in [0.1, 0.15) is 48.1 Å². The smallest absolute Gasteiger partial charge is 0.290 e. The lowest BCUT2D eigenvalue weighted by atomic mass is 9.86. The molecule has 0 bridgehead atoms. The third kappa shape index (κ3) is 2.15. The van der Waals surface area contributed by atoms with Crippen LogP contribution < -0.4 is 11.5 Å². The van der Waals surface area contributed by atoms with Crippen LogP contribution in [0.3, 0.4) is 0 Å². The minimum absolute atomic E-state index is 0.0517. The summed E-state index contributed by atoms with van der Waals surface area (Å²) in [6, 6.07) is 0.188. The molecule has 1 aromatic heterocycles. The van der Waals surface area contributed by atoms with Crippen LogP contribution in [0, 0.1) is 0 Å². The molecule has 6 nitrogen and oxygen atoms in total. The fraction of sp³-hybridized carbons (Fsp3) is 0.667. The molecule has 15 heavy (non-hydrogen) atoms. The van der Waals surface area contributed by atoms with Crippen LogP contribution in [0.2, 0.25) is 0 Å². The molecule has 1 amide bonds. The summed E-state index contributed by atoms with van der Waals surface area (Å²) in [6.07, 6.45) is 3.90. The average molecular weight is 210 g/mol. The molecule has 1 aromatic rings.